The average Bonchev–Trinajstić information content (AvgIpc) is 2.82. The minimum Gasteiger partial charge on any atom is -0.303 e. The number of hydrogen-bond donors (Lipinski definition) is 0. The van der Waals surface area contributed by atoms with Crippen molar-refractivity contribution >= 4 is 10.0 Å². The Kier molecular flexibility index (Phi) is 6.45. The van der Waals surface area contributed by atoms with Crippen LogP contribution in [-0.4, -0.2) is 60.1 Å². The topological polar surface area (TPSA) is 58.4 Å². The summed E-state index contributed by atoms with van der Waals surface area (Å²) in [6, 6.07) is 0.575. The van der Waals surface area contributed by atoms with Gasteiger partial charge in [-0.25, -0.2) is 8.42 Å². The lowest BCUT2D eigenvalue weighted by Crippen LogP contribution is -2.37. The molecule has 6 nitrogen and oxygen atoms in total. The largest absolute Gasteiger partial charge is 0.303 e. The molecule has 1 atom stereocenters. The van der Waals surface area contributed by atoms with Gasteiger partial charge in [0.25, 0.3) is 0 Å². The molecule has 0 spiro atoms. The summed E-state index contributed by atoms with van der Waals surface area (Å²) >= 11 is 0. The maximum atomic E-state index is 12.9. The molecule has 1 aromatic rings. The molecule has 2 heterocycles. The predicted octanol–water partition coefficient (Wildman–Crippen LogP) is 2.40. The van der Waals surface area contributed by atoms with Crippen LogP contribution < -0.4 is 0 Å². The third kappa shape index (κ3) is 3.83. The summed E-state index contributed by atoms with van der Waals surface area (Å²) in [4.78, 5) is 2.81. The zero-order chi connectivity index (χ0) is 17.9. The van der Waals surface area contributed by atoms with Gasteiger partial charge in [-0.05, 0) is 46.7 Å². The van der Waals surface area contributed by atoms with E-state index in [1.165, 1.54) is 23.6 Å². The number of rotatable bonds is 7. The monoisotopic (exact) mass is 356 g/mol. The van der Waals surface area contributed by atoms with Crippen LogP contribution in [0, 0.1) is 13.8 Å². The van der Waals surface area contributed by atoms with E-state index in [0.717, 1.165) is 25.2 Å². The van der Waals surface area contributed by atoms with E-state index < -0.39 is 10.0 Å². The molecule has 1 fully saturated rings. The second kappa shape index (κ2) is 7.97. The minimum atomic E-state index is -3.46. The highest BCUT2D eigenvalue weighted by atomic mass is 32.2. The molecule has 0 bridgehead atoms. The molecule has 0 aromatic carbocycles. The molecule has 0 unspecified atom stereocenters. The number of likely N-dealkylation sites (tertiary alicyclic amines) is 1. The molecule has 1 saturated heterocycles. The third-order valence-electron chi connectivity index (χ3n) is 5.21. The van der Waals surface area contributed by atoms with Crippen LogP contribution in [0.15, 0.2) is 4.90 Å². The number of nitrogens with zero attached hydrogens (tertiary/aromatic N) is 4. The lowest BCUT2D eigenvalue weighted by Gasteiger charge is -2.32. The van der Waals surface area contributed by atoms with Crippen LogP contribution in [0.25, 0.3) is 0 Å². The molecular weight excluding hydrogens is 324 g/mol. The summed E-state index contributed by atoms with van der Waals surface area (Å²) in [6.07, 6.45) is 4.80. The molecule has 1 aromatic heterocycles. The number of hydrogen-bond acceptors (Lipinski definition) is 4. The second-order valence-electron chi connectivity index (χ2n) is 6.73. The Hall–Kier alpha value is -0.920. The van der Waals surface area contributed by atoms with Gasteiger partial charge < -0.3 is 4.90 Å². The van der Waals surface area contributed by atoms with Crippen molar-refractivity contribution in [1.29, 1.82) is 0 Å². The summed E-state index contributed by atoms with van der Waals surface area (Å²) in [7, 11) is -1.27. The van der Waals surface area contributed by atoms with Crippen molar-refractivity contribution in [2.45, 2.75) is 70.9 Å². The van der Waals surface area contributed by atoms with E-state index in [4.69, 9.17) is 0 Å². The molecule has 1 aliphatic rings. The summed E-state index contributed by atoms with van der Waals surface area (Å²) in [6.45, 7) is 10.3. The van der Waals surface area contributed by atoms with E-state index in [1.807, 2.05) is 25.5 Å². The Bertz CT molecular complexity index is 650. The molecule has 24 heavy (non-hydrogen) atoms. The van der Waals surface area contributed by atoms with Crippen molar-refractivity contribution in [3.05, 3.63) is 11.4 Å². The van der Waals surface area contributed by atoms with E-state index in [0.29, 0.717) is 29.7 Å². The number of aryl methyl sites for hydroxylation is 2. The molecule has 1 aliphatic heterocycles. The molecule has 7 heteroatoms. The zero-order valence-corrected chi connectivity index (χ0v) is 16.6. The van der Waals surface area contributed by atoms with Crippen molar-refractivity contribution in [2.24, 2.45) is 0 Å². The van der Waals surface area contributed by atoms with Crippen LogP contribution in [0.5, 0.6) is 0 Å². The minimum absolute atomic E-state index is 0.392. The van der Waals surface area contributed by atoms with Gasteiger partial charge in [-0.15, -0.1) is 0 Å². The highest BCUT2D eigenvalue weighted by Crippen LogP contribution is 2.25. The number of piperidine rings is 1. The quantitative estimate of drug-likeness (QED) is 0.753. The molecular formula is C17H32N4O2S. The highest BCUT2D eigenvalue weighted by molar-refractivity contribution is 7.89. The van der Waals surface area contributed by atoms with Gasteiger partial charge in [0.2, 0.25) is 10.0 Å². The summed E-state index contributed by atoms with van der Waals surface area (Å²) in [5.74, 6) is 0. The standard InChI is InChI=1S/C17H32N4O2S/c1-6-20(7-2)24(22,23)17-14(3)18-21(15(17)4)13-11-16-10-8-9-12-19(16)5/h16H,6-13H2,1-5H3/t16-/m1/s1. The van der Waals surface area contributed by atoms with Gasteiger partial charge in [-0.1, -0.05) is 20.3 Å². The van der Waals surface area contributed by atoms with E-state index in [9.17, 15) is 8.42 Å². The first-order valence-electron chi connectivity index (χ1n) is 9.07. The maximum Gasteiger partial charge on any atom is 0.246 e. The van der Waals surface area contributed by atoms with Crippen LogP contribution in [0.3, 0.4) is 0 Å². The lowest BCUT2D eigenvalue weighted by molar-refractivity contribution is 0.169. The van der Waals surface area contributed by atoms with Gasteiger partial charge in [0.05, 0.1) is 11.4 Å². The predicted molar refractivity (Wildman–Crippen MR) is 96.7 cm³/mol. The van der Waals surface area contributed by atoms with Gasteiger partial charge in [-0.3, -0.25) is 4.68 Å². The van der Waals surface area contributed by atoms with Crippen molar-refractivity contribution < 1.29 is 8.42 Å². The third-order valence-corrected chi connectivity index (χ3v) is 7.52. The van der Waals surface area contributed by atoms with Crippen LogP contribution in [0.1, 0.15) is 50.9 Å². The van der Waals surface area contributed by atoms with Gasteiger partial charge >= 0.3 is 0 Å². The first-order valence-corrected chi connectivity index (χ1v) is 10.5. The summed E-state index contributed by atoms with van der Waals surface area (Å²) in [5, 5.41) is 4.53. The van der Waals surface area contributed by atoms with Gasteiger partial charge in [-0.2, -0.15) is 9.40 Å². The molecule has 138 valence electrons. The molecule has 2 rings (SSSR count). The van der Waals surface area contributed by atoms with Crippen molar-refractivity contribution in [2.75, 3.05) is 26.7 Å². The van der Waals surface area contributed by atoms with E-state index in [1.54, 1.807) is 6.92 Å². The highest BCUT2D eigenvalue weighted by Gasteiger charge is 2.29. The van der Waals surface area contributed by atoms with Crippen LogP contribution in [0.2, 0.25) is 0 Å². The molecule has 0 saturated carbocycles. The first-order chi connectivity index (χ1) is 11.3. The Morgan fingerprint density at radius 2 is 1.88 bits per heavy atom. The maximum absolute atomic E-state index is 12.9. The normalized spacial score (nSPS) is 20.0. The lowest BCUT2D eigenvalue weighted by atomic mass is 10.0. The Labute approximate surface area is 146 Å². The van der Waals surface area contributed by atoms with E-state index in [-0.39, 0.29) is 0 Å². The molecule has 0 radical (unpaired) electrons. The first kappa shape index (κ1) is 19.4. The molecule has 0 amide bonds. The molecule has 0 aliphatic carbocycles. The fraction of sp³-hybridized carbons (Fsp3) is 0.824. The van der Waals surface area contributed by atoms with Crippen molar-refractivity contribution in [1.82, 2.24) is 19.0 Å². The summed E-state index contributed by atoms with van der Waals surface area (Å²) < 4.78 is 29.1. The van der Waals surface area contributed by atoms with Crippen molar-refractivity contribution in [3.8, 4) is 0 Å². The van der Waals surface area contributed by atoms with E-state index >= 15 is 0 Å². The van der Waals surface area contributed by atoms with Gasteiger partial charge in [0.15, 0.2) is 0 Å². The van der Waals surface area contributed by atoms with E-state index in [2.05, 4.69) is 17.0 Å². The van der Waals surface area contributed by atoms with Gasteiger partial charge in [0.1, 0.15) is 4.90 Å². The van der Waals surface area contributed by atoms with Crippen LogP contribution >= 0.6 is 0 Å². The second-order valence-corrected chi connectivity index (χ2v) is 8.61. The average molecular weight is 357 g/mol. The summed E-state index contributed by atoms with van der Waals surface area (Å²) in [5.41, 5.74) is 1.37. The Morgan fingerprint density at radius 3 is 2.46 bits per heavy atom. The van der Waals surface area contributed by atoms with Crippen LogP contribution in [-0.2, 0) is 16.6 Å². The van der Waals surface area contributed by atoms with Crippen molar-refractivity contribution in [3.63, 3.8) is 0 Å². The molecule has 0 N–H and O–H groups in total. The smallest absolute Gasteiger partial charge is 0.246 e. The van der Waals surface area contributed by atoms with Crippen LogP contribution in [0.4, 0.5) is 0 Å². The Morgan fingerprint density at radius 1 is 1.21 bits per heavy atom. The van der Waals surface area contributed by atoms with Gasteiger partial charge in [0, 0.05) is 25.7 Å². The number of sulfonamides is 1. The SMILES string of the molecule is CCN(CC)S(=O)(=O)c1c(C)nn(CC[C@H]2CCCCN2C)c1C. The fourth-order valence-electron chi connectivity index (χ4n) is 3.74. The fourth-order valence-corrected chi connectivity index (χ4v) is 5.58. The zero-order valence-electron chi connectivity index (χ0n) is 15.7. The number of aromatic nitrogens is 2. The Balaban J connectivity index is 2.19.